The monoisotopic (exact) mass is 347 g/mol. The number of morpholine rings is 1. The van der Waals surface area contributed by atoms with E-state index in [1.165, 1.54) is 0 Å². The minimum atomic E-state index is -0.246. The van der Waals surface area contributed by atoms with Gasteiger partial charge in [-0.05, 0) is 25.1 Å². The van der Waals surface area contributed by atoms with Crippen LogP contribution < -0.4 is 4.74 Å². The van der Waals surface area contributed by atoms with Gasteiger partial charge in [0.05, 0.1) is 23.9 Å². The molecule has 1 fully saturated rings. The highest BCUT2D eigenvalue weighted by atomic mass is 35.5. The number of carbonyl (C=O) groups is 1. The number of nitrogens with zero attached hydrogens (tertiary/aromatic N) is 3. The molecule has 0 aliphatic carbocycles. The van der Waals surface area contributed by atoms with Gasteiger partial charge in [-0.2, -0.15) is 0 Å². The molecule has 1 atom stereocenters. The molecule has 2 heterocycles. The average Bonchev–Trinajstić information content (AvgIpc) is 2.61. The highest BCUT2D eigenvalue weighted by molar-refractivity contribution is 6.32. The maximum atomic E-state index is 12.4. The predicted molar refractivity (Wildman–Crippen MR) is 89.0 cm³/mol. The third-order valence-corrected chi connectivity index (χ3v) is 4.05. The number of carbonyl (C=O) groups excluding carboxylic acids is 1. The number of rotatable bonds is 4. The number of halogens is 1. The molecule has 1 aromatic heterocycles. The minimum absolute atomic E-state index is 0.0563. The van der Waals surface area contributed by atoms with Crippen LogP contribution in [0.15, 0.2) is 36.5 Å². The van der Waals surface area contributed by atoms with Crippen molar-refractivity contribution in [3.05, 3.63) is 53.1 Å². The van der Waals surface area contributed by atoms with Crippen molar-refractivity contribution in [2.45, 2.75) is 13.0 Å². The summed E-state index contributed by atoms with van der Waals surface area (Å²) >= 11 is 6.03. The predicted octanol–water partition coefficient (Wildman–Crippen LogP) is 2.42. The Labute approximate surface area is 145 Å². The van der Waals surface area contributed by atoms with E-state index in [2.05, 4.69) is 9.97 Å². The van der Waals surface area contributed by atoms with Crippen molar-refractivity contribution in [1.29, 1.82) is 0 Å². The normalized spacial score (nSPS) is 17.6. The lowest BCUT2D eigenvalue weighted by Gasteiger charge is -2.32. The molecule has 0 spiro atoms. The van der Waals surface area contributed by atoms with Crippen LogP contribution in [0.5, 0.6) is 5.75 Å². The molecule has 1 aromatic carbocycles. The fraction of sp³-hybridized carbons (Fsp3) is 0.353. The van der Waals surface area contributed by atoms with E-state index < -0.39 is 0 Å². The number of hydrogen-bond donors (Lipinski definition) is 0. The molecule has 0 saturated carbocycles. The van der Waals surface area contributed by atoms with Crippen LogP contribution in [0.1, 0.15) is 17.6 Å². The number of aryl methyl sites for hydroxylation is 1. The van der Waals surface area contributed by atoms with E-state index in [1.807, 2.05) is 25.1 Å². The molecule has 0 unspecified atom stereocenters. The Morgan fingerprint density at radius 1 is 1.42 bits per heavy atom. The zero-order valence-corrected chi connectivity index (χ0v) is 14.1. The van der Waals surface area contributed by atoms with Crippen LogP contribution in [-0.4, -0.2) is 47.1 Å². The SMILES string of the molecule is Cc1nccc([C@H]2CN(C(=O)COc3ccccc3Cl)CCO2)n1. The first-order chi connectivity index (χ1) is 11.6. The smallest absolute Gasteiger partial charge is 0.260 e. The van der Waals surface area contributed by atoms with Crippen LogP contribution in [0, 0.1) is 6.92 Å². The van der Waals surface area contributed by atoms with Gasteiger partial charge in [0, 0.05) is 12.7 Å². The Kier molecular flexibility index (Phi) is 5.27. The third-order valence-electron chi connectivity index (χ3n) is 3.73. The van der Waals surface area contributed by atoms with E-state index >= 15 is 0 Å². The van der Waals surface area contributed by atoms with E-state index in [0.29, 0.717) is 36.3 Å². The summed E-state index contributed by atoms with van der Waals surface area (Å²) in [7, 11) is 0. The van der Waals surface area contributed by atoms with Crippen molar-refractivity contribution >= 4 is 17.5 Å². The van der Waals surface area contributed by atoms with E-state index in [0.717, 1.165) is 5.69 Å². The Morgan fingerprint density at radius 3 is 3.04 bits per heavy atom. The summed E-state index contributed by atoms with van der Waals surface area (Å²) in [5, 5.41) is 0.488. The maximum Gasteiger partial charge on any atom is 0.260 e. The number of ether oxygens (including phenoxy) is 2. The van der Waals surface area contributed by atoms with Gasteiger partial charge in [-0.3, -0.25) is 4.79 Å². The maximum absolute atomic E-state index is 12.4. The second-order valence-electron chi connectivity index (χ2n) is 5.45. The standard InChI is InChI=1S/C17H18ClN3O3/c1-12-19-7-6-14(20-12)16-10-21(8-9-23-16)17(22)11-24-15-5-3-2-4-13(15)18/h2-7,16H,8-11H2,1H3/t16-/m1/s1. The highest BCUT2D eigenvalue weighted by Crippen LogP contribution is 2.24. The van der Waals surface area contributed by atoms with E-state index in [-0.39, 0.29) is 18.6 Å². The minimum Gasteiger partial charge on any atom is -0.482 e. The van der Waals surface area contributed by atoms with Crippen molar-refractivity contribution in [3.8, 4) is 5.75 Å². The summed E-state index contributed by atoms with van der Waals surface area (Å²) in [6.07, 6.45) is 1.45. The first kappa shape index (κ1) is 16.7. The fourth-order valence-electron chi connectivity index (χ4n) is 2.50. The van der Waals surface area contributed by atoms with Gasteiger partial charge in [0.1, 0.15) is 17.7 Å². The molecule has 24 heavy (non-hydrogen) atoms. The van der Waals surface area contributed by atoms with E-state index in [9.17, 15) is 4.79 Å². The molecular weight excluding hydrogens is 330 g/mol. The number of benzene rings is 1. The van der Waals surface area contributed by atoms with Crippen LogP contribution >= 0.6 is 11.6 Å². The summed E-state index contributed by atoms with van der Waals surface area (Å²) in [4.78, 5) is 22.6. The molecule has 7 heteroatoms. The second-order valence-corrected chi connectivity index (χ2v) is 5.85. The summed E-state index contributed by atoms with van der Waals surface area (Å²) in [5.74, 6) is 1.08. The van der Waals surface area contributed by atoms with Crippen molar-refractivity contribution in [1.82, 2.24) is 14.9 Å². The van der Waals surface area contributed by atoms with Crippen molar-refractivity contribution in [2.24, 2.45) is 0 Å². The summed E-state index contributed by atoms with van der Waals surface area (Å²) < 4.78 is 11.3. The van der Waals surface area contributed by atoms with Gasteiger partial charge in [0.25, 0.3) is 5.91 Å². The van der Waals surface area contributed by atoms with E-state index in [4.69, 9.17) is 21.1 Å². The molecule has 2 aromatic rings. The zero-order chi connectivity index (χ0) is 16.9. The third kappa shape index (κ3) is 4.01. The molecule has 6 nitrogen and oxygen atoms in total. The molecule has 1 aliphatic heterocycles. The van der Waals surface area contributed by atoms with Gasteiger partial charge < -0.3 is 14.4 Å². The van der Waals surface area contributed by atoms with Gasteiger partial charge in [-0.25, -0.2) is 9.97 Å². The molecule has 1 aliphatic rings. The lowest BCUT2D eigenvalue weighted by atomic mass is 10.2. The second kappa shape index (κ2) is 7.59. The first-order valence-corrected chi connectivity index (χ1v) is 8.07. The number of hydrogen-bond acceptors (Lipinski definition) is 5. The van der Waals surface area contributed by atoms with Gasteiger partial charge in [0.2, 0.25) is 0 Å². The van der Waals surface area contributed by atoms with Gasteiger partial charge >= 0.3 is 0 Å². The quantitative estimate of drug-likeness (QED) is 0.849. The molecule has 1 amide bonds. The Balaban J connectivity index is 1.60. The average molecular weight is 348 g/mol. The van der Waals surface area contributed by atoms with Gasteiger partial charge in [0.15, 0.2) is 6.61 Å². The lowest BCUT2D eigenvalue weighted by molar-refractivity contribution is -0.141. The van der Waals surface area contributed by atoms with Gasteiger partial charge in [-0.1, -0.05) is 23.7 Å². The van der Waals surface area contributed by atoms with Crippen molar-refractivity contribution in [3.63, 3.8) is 0 Å². The Morgan fingerprint density at radius 2 is 2.25 bits per heavy atom. The molecule has 1 saturated heterocycles. The van der Waals surface area contributed by atoms with E-state index in [1.54, 1.807) is 23.2 Å². The van der Waals surface area contributed by atoms with Crippen molar-refractivity contribution < 1.29 is 14.3 Å². The van der Waals surface area contributed by atoms with Gasteiger partial charge in [-0.15, -0.1) is 0 Å². The van der Waals surface area contributed by atoms with Crippen LogP contribution in [0.3, 0.4) is 0 Å². The number of para-hydroxylation sites is 1. The number of amides is 1. The molecule has 126 valence electrons. The summed E-state index contributed by atoms with van der Waals surface area (Å²) in [6.45, 7) is 3.21. The van der Waals surface area contributed by atoms with Crippen LogP contribution in [-0.2, 0) is 9.53 Å². The largest absolute Gasteiger partial charge is 0.482 e. The first-order valence-electron chi connectivity index (χ1n) is 7.70. The number of aromatic nitrogens is 2. The van der Waals surface area contributed by atoms with Crippen LogP contribution in [0.25, 0.3) is 0 Å². The molecule has 3 rings (SSSR count). The Hall–Kier alpha value is -2.18. The van der Waals surface area contributed by atoms with Crippen molar-refractivity contribution in [2.75, 3.05) is 26.3 Å². The molecule has 0 radical (unpaired) electrons. The molecule has 0 N–H and O–H groups in total. The fourth-order valence-corrected chi connectivity index (χ4v) is 2.69. The molecular formula is C17H18ClN3O3. The van der Waals surface area contributed by atoms with Crippen LogP contribution in [0.4, 0.5) is 0 Å². The topological polar surface area (TPSA) is 64.6 Å². The summed E-state index contributed by atoms with van der Waals surface area (Å²) in [6, 6.07) is 8.90. The highest BCUT2D eigenvalue weighted by Gasteiger charge is 2.26. The Bertz CT molecular complexity index is 726. The van der Waals surface area contributed by atoms with Crippen LogP contribution in [0.2, 0.25) is 5.02 Å². The molecule has 0 bridgehead atoms. The summed E-state index contributed by atoms with van der Waals surface area (Å²) in [5.41, 5.74) is 0.784. The lowest BCUT2D eigenvalue weighted by Crippen LogP contribution is -2.44. The zero-order valence-electron chi connectivity index (χ0n) is 13.3.